The molecule has 17 nitrogen and oxygen atoms in total. The van der Waals surface area contributed by atoms with Crippen LogP contribution in [0.25, 0.3) is 21.0 Å². The fourth-order valence-electron chi connectivity index (χ4n) is 3.80. The number of hydrogen-bond donors (Lipinski definition) is 4. The van der Waals surface area contributed by atoms with Crippen LogP contribution < -0.4 is 0 Å². The highest BCUT2D eigenvalue weighted by Crippen LogP contribution is 2.40. The molecule has 0 atom stereocenters. The van der Waals surface area contributed by atoms with Gasteiger partial charge in [-0.05, 0) is 37.3 Å². The number of fused-ring (bicyclic) bond motifs is 1. The van der Waals surface area contributed by atoms with Crippen molar-refractivity contribution in [3.05, 3.63) is 57.3 Å². The van der Waals surface area contributed by atoms with Crippen LogP contribution in [0.3, 0.4) is 0 Å². The first kappa shape index (κ1) is 31.0. The summed E-state index contributed by atoms with van der Waals surface area (Å²) in [4.78, 5) is 15.2. The maximum absolute atomic E-state index is 11.9. The van der Waals surface area contributed by atoms with Crippen LogP contribution in [0.15, 0.2) is 50.4 Å². The van der Waals surface area contributed by atoms with Crippen molar-refractivity contribution in [1.82, 2.24) is 24.5 Å². The van der Waals surface area contributed by atoms with Crippen LogP contribution in [0, 0.1) is 18.3 Å². The summed E-state index contributed by atoms with van der Waals surface area (Å²) in [7, 11) is -9.19. The van der Waals surface area contributed by atoms with Gasteiger partial charge in [-0.15, -0.1) is 15.3 Å². The zero-order chi connectivity index (χ0) is 32.3. The average Bonchev–Trinajstić information content (AvgIpc) is 3.58. The molecule has 22 heteroatoms. The Morgan fingerprint density at radius 1 is 1.00 bits per heavy atom. The molecule has 3 aromatic heterocycles. The lowest BCUT2D eigenvalue weighted by atomic mass is 10.3. The highest BCUT2D eigenvalue weighted by atomic mass is 35.5. The van der Waals surface area contributed by atoms with Crippen LogP contribution >= 0.6 is 34.5 Å². The van der Waals surface area contributed by atoms with Crippen LogP contribution in [0.2, 0.25) is 10.0 Å². The Balaban J connectivity index is 1.60. The van der Waals surface area contributed by atoms with Crippen molar-refractivity contribution in [2.75, 3.05) is 0 Å². The highest BCUT2D eigenvalue weighted by Gasteiger charge is 2.28. The van der Waals surface area contributed by atoms with E-state index in [1.807, 2.05) is 6.07 Å². The van der Waals surface area contributed by atoms with Gasteiger partial charge in [0.25, 0.3) is 20.2 Å². The van der Waals surface area contributed by atoms with E-state index in [0.29, 0.717) is 14.9 Å². The van der Waals surface area contributed by atoms with Crippen molar-refractivity contribution >= 4 is 82.5 Å². The smallest absolute Gasteiger partial charge is 0.358 e. The molecule has 44 heavy (non-hydrogen) atoms. The van der Waals surface area contributed by atoms with Gasteiger partial charge in [-0.1, -0.05) is 34.5 Å². The number of halogens is 2. The largest absolute Gasteiger partial charge is 0.492 e. The van der Waals surface area contributed by atoms with Gasteiger partial charge >= 0.3 is 5.97 Å². The average molecular weight is 699 g/mol. The lowest BCUT2D eigenvalue weighted by molar-refractivity contribution is 0.0690. The Morgan fingerprint density at radius 2 is 1.64 bits per heavy atom. The van der Waals surface area contributed by atoms with Crippen molar-refractivity contribution in [3.8, 4) is 22.8 Å². The van der Waals surface area contributed by atoms with E-state index in [4.69, 9.17) is 23.2 Å². The highest BCUT2D eigenvalue weighted by molar-refractivity contribution is 7.86. The fraction of sp³-hybridized carbons (Fsp3) is 0.0455. The number of benzene rings is 2. The molecule has 0 spiro atoms. The van der Waals surface area contributed by atoms with Gasteiger partial charge in [0, 0.05) is 0 Å². The quantitative estimate of drug-likeness (QED) is 0.135. The van der Waals surface area contributed by atoms with Crippen LogP contribution in [0.1, 0.15) is 21.7 Å². The molecule has 0 aliphatic rings. The second kappa shape index (κ2) is 10.9. The predicted octanol–water partition coefficient (Wildman–Crippen LogP) is 4.47. The molecule has 0 amide bonds. The van der Waals surface area contributed by atoms with E-state index in [9.17, 15) is 46.2 Å². The van der Waals surface area contributed by atoms with Crippen molar-refractivity contribution in [3.63, 3.8) is 0 Å². The number of azo groups is 1. The van der Waals surface area contributed by atoms with Gasteiger partial charge in [-0.2, -0.15) is 31.9 Å². The molecular weight excluding hydrogens is 687 g/mol. The number of aromatic hydroxyl groups is 1. The molecule has 3 heterocycles. The number of nitrogens with zero attached hydrogens (tertiary/aromatic N) is 8. The van der Waals surface area contributed by atoms with E-state index in [1.165, 1.54) is 23.7 Å². The Morgan fingerprint density at radius 3 is 2.20 bits per heavy atom. The first-order valence-electron chi connectivity index (χ1n) is 11.3. The van der Waals surface area contributed by atoms with E-state index in [2.05, 4.69) is 25.4 Å². The van der Waals surface area contributed by atoms with Crippen molar-refractivity contribution in [2.24, 2.45) is 10.2 Å². The summed E-state index contributed by atoms with van der Waals surface area (Å²) < 4.78 is 66.7. The van der Waals surface area contributed by atoms with Crippen LogP contribution in [-0.4, -0.2) is 66.7 Å². The van der Waals surface area contributed by atoms with E-state index >= 15 is 0 Å². The van der Waals surface area contributed by atoms with Crippen molar-refractivity contribution in [1.29, 1.82) is 5.26 Å². The molecule has 2 aromatic carbocycles. The number of aromatic nitrogens is 5. The maximum atomic E-state index is 11.9. The number of hydrogen-bond acceptors (Lipinski definition) is 13. The zero-order valence-electron chi connectivity index (χ0n) is 21.3. The second-order valence-corrected chi connectivity index (χ2v) is 13.2. The predicted molar refractivity (Wildman–Crippen MR) is 152 cm³/mol. The van der Waals surface area contributed by atoms with Gasteiger partial charge in [-0.3, -0.25) is 9.11 Å². The molecule has 5 aromatic rings. The third-order valence-corrected chi connectivity index (χ3v) is 9.07. The number of nitriles is 1. The number of carbonyl (C=O) groups is 1. The number of thiazole rings is 1. The van der Waals surface area contributed by atoms with E-state index in [1.54, 1.807) is 0 Å². The molecule has 0 saturated carbocycles. The fourth-order valence-corrected chi connectivity index (χ4v) is 6.70. The first-order chi connectivity index (χ1) is 20.5. The molecule has 0 aliphatic carbocycles. The Labute approximate surface area is 259 Å². The molecule has 4 N–H and O–H groups in total. The van der Waals surface area contributed by atoms with Gasteiger partial charge in [0.15, 0.2) is 5.69 Å². The summed E-state index contributed by atoms with van der Waals surface area (Å²) >= 11 is 13.2. The van der Waals surface area contributed by atoms with E-state index in [0.717, 1.165) is 29.5 Å². The topological polar surface area (TPSA) is 263 Å². The number of carboxylic acid groups (broad SMARTS) is 1. The lowest BCUT2D eigenvalue weighted by Gasteiger charge is -2.09. The molecule has 226 valence electrons. The molecule has 5 rings (SSSR count). The zero-order valence-corrected chi connectivity index (χ0v) is 25.2. The van der Waals surface area contributed by atoms with Crippen molar-refractivity contribution in [2.45, 2.75) is 16.7 Å². The molecule has 0 unspecified atom stereocenters. The normalized spacial score (nSPS) is 12.3. The minimum Gasteiger partial charge on any atom is -0.492 e. The van der Waals surface area contributed by atoms with Gasteiger partial charge in [-0.25, -0.2) is 14.5 Å². The summed E-state index contributed by atoms with van der Waals surface area (Å²) in [6.07, 6.45) is 0. The van der Waals surface area contributed by atoms with Gasteiger partial charge in [0.2, 0.25) is 22.5 Å². The minimum atomic E-state index is -4.72. The third kappa shape index (κ3) is 5.48. The summed E-state index contributed by atoms with van der Waals surface area (Å²) in [5.74, 6) is -2.93. The molecular formula is C22H12Cl2N8O9S3. The second-order valence-electron chi connectivity index (χ2n) is 8.56. The SMILES string of the molecule is Cc1c(C#N)c(/N=N/c2c(C(=O)O)nn(-c3c(Cl)cc(S(=O)(=O)O)cc3Cl)c2O)nn1-c1nc2ccc(S(=O)(=O)O)cc2s1. The van der Waals surface area contributed by atoms with Crippen molar-refractivity contribution < 1.29 is 40.9 Å². The molecule has 0 saturated heterocycles. The van der Waals surface area contributed by atoms with Crippen LogP contribution in [0.4, 0.5) is 11.5 Å². The van der Waals surface area contributed by atoms with Gasteiger partial charge in [0.1, 0.15) is 17.3 Å². The molecule has 0 bridgehead atoms. The first-order valence-corrected chi connectivity index (χ1v) is 15.8. The van der Waals surface area contributed by atoms with E-state index in [-0.39, 0.29) is 32.8 Å². The molecule has 0 aliphatic heterocycles. The third-order valence-electron chi connectivity index (χ3n) is 5.82. The summed E-state index contributed by atoms with van der Waals surface area (Å²) in [6.45, 7) is 1.50. The maximum Gasteiger partial charge on any atom is 0.358 e. The van der Waals surface area contributed by atoms with Gasteiger partial charge in [0.05, 0.1) is 35.7 Å². The Bertz CT molecular complexity index is 2320. The number of rotatable bonds is 7. The molecule has 0 radical (unpaired) electrons. The standard InChI is InChI=1S/C22H12Cl2N8O9S3/c1-8-11(7-25)19(30-31(8)22-26-14-3-2-9(43(36,37)38)6-15(14)42-22)28-27-16-17(21(34)35)29-32(20(16)33)18-12(23)4-10(5-13(18)24)44(39,40)41/h2-6,33H,1H3,(H,34,35)(H,36,37,38)(H,39,40,41)/b28-27+. The van der Waals surface area contributed by atoms with Crippen LogP contribution in [-0.2, 0) is 20.2 Å². The minimum absolute atomic E-state index is 0.109. The molecule has 0 fully saturated rings. The van der Waals surface area contributed by atoms with Crippen LogP contribution in [0.5, 0.6) is 5.88 Å². The van der Waals surface area contributed by atoms with E-state index < -0.39 is 58.4 Å². The van der Waals surface area contributed by atoms with Gasteiger partial charge < -0.3 is 10.2 Å². The summed E-state index contributed by atoms with van der Waals surface area (Å²) in [6, 6.07) is 7.21. The Kier molecular flexibility index (Phi) is 7.67. The number of aromatic carboxylic acids is 1. The Hall–Kier alpha value is -4.49. The number of carboxylic acids is 1. The lowest BCUT2D eigenvalue weighted by Crippen LogP contribution is -2.04. The summed E-state index contributed by atoms with van der Waals surface area (Å²) in [5.41, 5.74) is -1.42. The monoisotopic (exact) mass is 698 g/mol. The summed E-state index contributed by atoms with van der Waals surface area (Å²) in [5, 5.41) is 45.1.